The molecule has 1 fully saturated rings. The van der Waals surface area contributed by atoms with Gasteiger partial charge in [-0.3, -0.25) is 9.69 Å². The highest BCUT2D eigenvalue weighted by Gasteiger charge is 2.26. The third-order valence-electron chi connectivity index (χ3n) is 3.73. The summed E-state index contributed by atoms with van der Waals surface area (Å²) in [5.41, 5.74) is 1.32. The minimum atomic E-state index is 0.213. The van der Waals surface area contributed by atoms with Gasteiger partial charge in [0.05, 0.1) is 0 Å². The van der Waals surface area contributed by atoms with Gasteiger partial charge < -0.3 is 4.90 Å². The SMILES string of the molecule is CN(C)C(=O)C1CCN(Cc2ccccc2Br)CC1. The van der Waals surface area contributed by atoms with E-state index in [4.69, 9.17) is 0 Å². The molecule has 1 aliphatic rings. The number of piperidine rings is 1. The fourth-order valence-electron chi connectivity index (χ4n) is 2.57. The molecule has 1 saturated heterocycles. The Kier molecular flexibility index (Phi) is 4.99. The van der Waals surface area contributed by atoms with E-state index in [2.05, 4.69) is 39.0 Å². The monoisotopic (exact) mass is 324 g/mol. The van der Waals surface area contributed by atoms with Crippen molar-refractivity contribution in [3.05, 3.63) is 34.3 Å². The molecule has 4 heteroatoms. The molecule has 0 N–H and O–H groups in total. The molecule has 1 aliphatic heterocycles. The molecular weight excluding hydrogens is 304 g/mol. The van der Waals surface area contributed by atoms with E-state index in [1.807, 2.05) is 20.2 Å². The van der Waals surface area contributed by atoms with Crippen LogP contribution in [0.5, 0.6) is 0 Å². The number of nitrogens with zero attached hydrogens (tertiary/aromatic N) is 2. The molecule has 2 rings (SSSR count). The largest absolute Gasteiger partial charge is 0.349 e. The Morgan fingerprint density at radius 3 is 2.53 bits per heavy atom. The van der Waals surface area contributed by atoms with E-state index >= 15 is 0 Å². The third-order valence-corrected chi connectivity index (χ3v) is 4.50. The molecule has 0 spiro atoms. The van der Waals surface area contributed by atoms with Gasteiger partial charge >= 0.3 is 0 Å². The molecule has 3 nitrogen and oxygen atoms in total. The first-order valence-electron chi connectivity index (χ1n) is 6.75. The lowest BCUT2D eigenvalue weighted by atomic mass is 9.95. The zero-order chi connectivity index (χ0) is 13.8. The van der Waals surface area contributed by atoms with Crippen molar-refractivity contribution < 1.29 is 4.79 Å². The predicted octanol–water partition coefficient (Wildman–Crippen LogP) is 2.75. The molecule has 0 aliphatic carbocycles. The van der Waals surface area contributed by atoms with Gasteiger partial charge in [0.1, 0.15) is 0 Å². The summed E-state index contributed by atoms with van der Waals surface area (Å²) >= 11 is 3.59. The number of carbonyl (C=O) groups excluding carboxylic acids is 1. The Morgan fingerprint density at radius 1 is 1.32 bits per heavy atom. The van der Waals surface area contributed by atoms with Crippen LogP contribution in [0.25, 0.3) is 0 Å². The number of carbonyl (C=O) groups is 1. The predicted molar refractivity (Wildman–Crippen MR) is 80.8 cm³/mol. The maximum atomic E-state index is 11.9. The summed E-state index contributed by atoms with van der Waals surface area (Å²) in [6.07, 6.45) is 1.95. The van der Waals surface area contributed by atoms with E-state index in [-0.39, 0.29) is 11.8 Å². The van der Waals surface area contributed by atoms with Crippen LogP contribution in [0.15, 0.2) is 28.7 Å². The van der Waals surface area contributed by atoms with Gasteiger partial charge in [0, 0.05) is 31.0 Å². The quantitative estimate of drug-likeness (QED) is 0.853. The second-order valence-corrected chi connectivity index (χ2v) is 6.23. The number of benzene rings is 1. The van der Waals surface area contributed by atoms with Gasteiger partial charge in [0.15, 0.2) is 0 Å². The minimum absolute atomic E-state index is 0.213. The summed E-state index contributed by atoms with van der Waals surface area (Å²) in [6.45, 7) is 2.97. The van der Waals surface area contributed by atoms with E-state index in [0.717, 1.165) is 32.5 Å². The van der Waals surface area contributed by atoms with Crippen molar-refractivity contribution in [3.63, 3.8) is 0 Å². The van der Waals surface area contributed by atoms with Crippen LogP contribution in [0.3, 0.4) is 0 Å². The highest BCUT2D eigenvalue weighted by atomic mass is 79.9. The Labute approximate surface area is 123 Å². The Morgan fingerprint density at radius 2 is 1.95 bits per heavy atom. The zero-order valence-corrected chi connectivity index (χ0v) is 13.2. The molecule has 104 valence electrons. The lowest BCUT2D eigenvalue weighted by Gasteiger charge is -2.32. The molecule has 1 amide bonds. The van der Waals surface area contributed by atoms with Crippen molar-refractivity contribution in [3.8, 4) is 0 Å². The van der Waals surface area contributed by atoms with E-state index in [1.54, 1.807) is 4.90 Å². The number of rotatable bonds is 3. The van der Waals surface area contributed by atoms with Crippen LogP contribution in [0.4, 0.5) is 0 Å². The van der Waals surface area contributed by atoms with Crippen LogP contribution in [0.1, 0.15) is 18.4 Å². The van der Waals surface area contributed by atoms with Crippen LogP contribution in [0.2, 0.25) is 0 Å². The molecule has 0 bridgehead atoms. The van der Waals surface area contributed by atoms with Gasteiger partial charge in [-0.1, -0.05) is 34.1 Å². The Bertz CT molecular complexity index is 440. The van der Waals surface area contributed by atoms with E-state index in [1.165, 1.54) is 10.0 Å². The second-order valence-electron chi connectivity index (χ2n) is 5.37. The molecule has 0 radical (unpaired) electrons. The average molecular weight is 325 g/mol. The van der Waals surface area contributed by atoms with Crippen molar-refractivity contribution in [1.82, 2.24) is 9.80 Å². The standard InChI is InChI=1S/C15H21BrN2O/c1-17(2)15(19)12-7-9-18(10-8-12)11-13-5-3-4-6-14(13)16/h3-6,12H,7-11H2,1-2H3. The second kappa shape index (κ2) is 6.53. The highest BCUT2D eigenvalue weighted by molar-refractivity contribution is 9.10. The molecular formula is C15H21BrN2O. The molecule has 1 aromatic rings. The number of amides is 1. The molecule has 0 saturated carbocycles. The first-order valence-corrected chi connectivity index (χ1v) is 7.54. The van der Waals surface area contributed by atoms with Gasteiger partial charge in [0.2, 0.25) is 5.91 Å². The summed E-state index contributed by atoms with van der Waals surface area (Å²) in [5.74, 6) is 0.492. The van der Waals surface area contributed by atoms with Crippen LogP contribution >= 0.6 is 15.9 Å². The van der Waals surface area contributed by atoms with Gasteiger partial charge in [-0.05, 0) is 37.6 Å². The van der Waals surface area contributed by atoms with Crippen LogP contribution in [-0.4, -0.2) is 42.9 Å². The van der Waals surface area contributed by atoms with Crippen LogP contribution in [-0.2, 0) is 11.3 Å². The van der Waals surface area contributed by atoms with Crippen LogP contribution in [0, 0.1) is 5.92 Å². The smallest absolute Gasteiger partial charge is 0.225 e. The van der Waals surface area contributed by atoms with E-state index in [0.29, 0.717) is 0 Å². The van der Waals surface area contributed by atoms with Crippen molar-refractivity contribution in [1.29, 1.82) is 0 Å². The van der Waals surface area contributed by atoms with E-state index in [9.17, 15) is 4.79 Å². The lowest BCUT2D eigenvalue weighted by Crippen LogP contribution is -2.39. The summed E-state index contributed by atoms with van der Waals surface area (Å²) in [6, 6.07) is 8.34. The van der Waals surface area contributed by atoms with Crippen molar-refractivity contribution in [2.75, 3.05) is 27.2 Å². The Balaban J connectivity index is 1.87. The van der Waals surface area contributed by atoms with Gasteiger partial charge in [-0.2, -0.15) is 0 Å². The van der Waals surface area contributed by atoms with Crippen molar-refractivity contribution in [2.45, 2.75) is 19.4 Å². The molecule has 0 unspecified atom stereocenters. The first kappa shape index (κ1) is 14.5. The topological polar surface area (TPSA) is 23.6 Å². The highest BCUT2D eigenvalue weighted by Crippen LogP contribution is 2.23. The summed E-state index contributed by atoms with van der Waals surface area (Å²) in [7, 11) is 3.69. The molecule has 1 aromatic carbocycles. The molecule has 1 heterocycles. The average Bonchev–Trinajstić information content (AvgIpc) is 2.41. The summed E-state index contributed by atoms with van der Waals surface area (Å²) < 4.78 is 1.17. The van der Waals surface area contributed by atoms with Gasteiger partial charge in [-0.15, -0.1) is 0 Å². The third kappa shape index (κ3) is 3.80. The van der Waals surface area contributed by atoms with Gasteiger partial charge in [-0.25, -0.2) is 0 Å². The Hall–Kier alpha value is -0.870. The number of hydrogen-bond acceptors (Lipinski definition) is 2. The van der Waals surface area contributed by atoms with Gasteiger partial charge in [0.25, 0.3) is 0 Å². The summed E-state index contributed by atoms with van der Waals surface area (Å²) in [5, 5.41) is 0. The van der Waals surface area contributed by atoms with Crippen molar-refractivity contribution >= 4 is 21.8 Å². The molecule has 0 atom stereocenters. The summed E-state index contributed by atoms with van der Waals surface area (Å²) in [4.78, 5) is 16.1. The number of halogens is 1. The minimum Gasteiger partial charge on any atom is -0.349 e. The number of hydrogen-bond donors (Lipinski definition) is 0. The van der Waals surface area contributed by atoms with E-state index < -0.39 is 0 Å². The molecule has 0 aromatic heterocycles. The first-order chi connectivity index (χ1) is 9.08. The fourth-order valence-corrected chi connectivity index (χ4v) is 2.98. The fraction of sp³-hybridized carbons (Fsp3) is 0.533. The zero-order valence-electron chi connectivity index (χ0n) is 11.6. The van der Waals surface area contributed by atoms with Crippen molar-refractivity contribution in [2.24, 2.45) is 5.92 Å². The molecule has 19 heavy (non-hydrogen) atoms. The van der Waals surface area contributed by atoms with Crippen LogP contribution < -0.4 is 0 Å². The normalized spacial score (nSPS) is 17.4. The number of likely N-dealkylation sites (tertiary alicyclic amines) is 1. The maximum absolute atomic E-state index is 11.9. The maximum Gasteiger partial charge on any atom is 0.225 e. The lowest BCUT2D eigenvalue weighted by molar-refractivity contribution is -0.134.